The first-order chi connectivity index (χ1) is 8.79. The van der Waals surface area contributed by atoms with E-state index in [-0.39, 0.29) is 12.0 Å². The van der Waals surface area contributed by atoms with Gasteiger partial charge in [0.2, 0.25) is 0 Å². The second kappa shape index (κ2) is 6.31. The number of hydrogen-bond acceptors (Lipinski definition) is 4. The van der Waals surface area contributed by atoms with Crippen molar-refractivity contribution < 1.29 is 9.53 Å². The zero-order valence-corrected chi connectivity index (χ0v) is 10.6. The number of hydrogen-bond donors (Lipinski definition) is 1. The van der Waals surface area contributed by atoms with Crippen LogP contribution in [0.5, 0.6) is 0 Å². The van der Waals surface area contributed by atoms with Gasteiger partial charge in [0.25, 0.3) is 0 Å². The highest BCUT2D eigenvalue weighted by molar-refractivity contribution is 5.89. The first kappa shape index (κ1) is 12.8. The molecular weight excluding hydrogens is 228 g/mol. The Balaban J connectivity index is 1.79. The van der Waals surface area contributed by atoms with Crippen molar-refractivity contribution in [2.45, 2.75) is 25.5 Å². The van der Waals surface area contributed by atoms with Gasteiger partial charge in [0.05, 0.1) is 0 Å². The Morgan fingerprint density at radius 2 is 2.22 bits per heavy atom. The summed E-state index contributed by atoms with van der Waals surface area (Å²) in [4.78, 5) is 16.0. The van der Waals surface area contributed by atoms with Crippen LogP contribution < -0.4 is 5.32 Å². The van der Waals surface area contributed by atoms with Gasteiger partial charge >= 0.3 is 5.97 Å². The number of aliphatic imine (C=N–C) groups is 1. The summed E-state index contributed by atoms with van der Waals surface area (Å²) in [6.07, 6.45) is 1.63. The second-order valence-electron chi connectivity index (χ2n) is 4.36. The SMILES string of the molecule is CN=C1CCC(C(=O)OCc2ccccc2)NC1. The molecule has 1 saturated heterocycles. The summed E-state index contributed by atoms with van der Waals surface area (Å²) in [5, 5.41) is 3.15. The normalized spacial score (nSPS) is 21.8. The molecule has 2 rings (SSSR count). The topological polar surface area (TPSA) is 50.7 Å². The minimum Gasteiger partial charge on any atom is -0.460 e. The highest BCUT2D eigenvalue weighted by atomic mass is 16.5. The Bertz CT molecular complexity index is 419. The zero-order valence-electron chi connectivity index (χ0n) is 10.6. The summed E-state index contributed by atoms with van der Waals surface area (Å²) in [6, 6.07) is 9.52. The smallest absolute Gasteiger partial charge is 0.323 e. The molecule has 0 aliphatic carbocycles. The fraction of sp³-hybridized carbons (Fsp3) is 0.429. The van der Waals surface area contributed by atoms with E-state index in [2.05, 4.69) is 10.3 Å². The Labute approximate surface area is 107 Å². The number of ether oxygens (including phenoxy) is 1. The van der Waals surface area contributed by atoms with E-state index in [0.29, 0.717) is 13.2 Å². The molecule has 0 aromatic heterocycles. The van der Waals surface area contributed by atoms with Crippen LogP contribution in [-0.2, 0) is 16.1 Å². The van der Waals surface area contributed by atoms with E-state index in [9.17, 15) is 4.79 Å². The van der Waals surface area contributed by atoms with Crippen molar-refractivity contribution in [3.63, 3.8) is 0 Å². The molecule has 18 heavy (non-hydrogen) atoms. The fourth-order valence-electron chi connectivity index (χ4n) is 1.96. The van der Waals surface area contributed by atoms with Crippen molar-refractivity contribution in [3.8, 4) is 0 Å². The lowest BCUT2D eigenvalue weighted by molar-refractivity contribution is -0.147. The Morgan fingerprint density at radius 3 is 2.83 bits per heavy atom. The summed E-state index contributed by atoms with van der Waals surface area (Å²) in [5.41, 5.74) is 2.12. The van der Waals surface area contributed by atoms with Crippen LogP contribution >= 0.6 is 0 Å². The van der Waals surface area contributed by atoms with Crippen LogP contribution in [-0.4, -0.2) is 31.3 Å². The van der Waals surface area contributed by atoms with Gasteiger partial charge in [0.1, 0.15) is 12.6 Å². The number of piperidine rings is 1. The van der Waals surface area contributed by atoms with Crippen molar-refractivity contribution >= 4 is 11.7 Å². The maximum atomic E-state index is 11.8. The average Bonchev–Trinajstić information content (AvgIpc) is 2.46. The minimum atomic E-state index is -0.195. The highest BCUT2D eigenvalue weighted by Crippen LogP contribution is 2.09. The second-order valence-corrected chi connectivity index (χ2v) is 4.36. The lowest BCUT2D eigenvalue weighted by Gasteiger charge is -2.23. The molecule has 1 aliphatic rings. The Morgan fingerprint density at radius 1 is 1.44 bits per heavy atom. The summed E-state index contributed by atoms with van der Waals surface area (Å²) in [6.45, 7) is 1.02. The molecule has 4 heteroatoms. The number of nitrogens with one attached hydrogen (secondary N) is 1. The van der Waals surface area contributed by atoms with Gasteiger partial charge in [-0.25, -0.2) is 0 Å². The predicted molar refractivity (Wildman–Crippen MR) is 70.6 cm³/mol. The molecular formula is C14H18N2O2. The monoisotopic (exact) mass is 246 g/mol. The molecule has 0 saturated carbocycles. The van der Waals surface area contributed by atoms with E-state index in [1.54, 1.807) is 7.05 Å². The molecule has 1 aromatic carbocycles. The van der Waals surface area contributed by atoms with E-state index in [1.165, 1.54) is 0 Å². The maximum absolute atomic E-state index is 11.8. The van der Waals surface area contributed by atoms with Crippen molar-refractivity contribution in [1.29, 1.82) is 0 Å². The van der Waals surface area contributed by atoms with Gasteiger partial charge in [-0.2, -0.15) is 0 Å². The molecule has 1 atom stereocenters. The van der Waals surface area contributed by atoms with Crippen LogP contribution in [0.1, 0.15) is 18.4 Å². The molecule has 96 valence electrons. The predicted octanol–water partition coefficient (Wildman–Crippen LogP) is 1.55. The lowest BCUT2D eigenvalue weighted by atomic mass is 10.0. The van der Waals surface area contributed by atoms with E-state index < -0.39 is 0 Å². The summed E-state index contributed by atoms with van der Waals surface area (Å²) in [5.74, 6) is -0.172. The summed E-state index contributed by atoms with van der Waals surface area (Å²) >= 11 is 0. The quantitative estimate of drug-likeness (QED) is 0.823. The maximum Gasteiger partial charge on any atom is 0.323 e. The number of rotatable bonds is 3. The number of benzene rings is 1. The zero-order chi connectivity index (χ0) is 12.8. The molecule has 1 unspecified atom stereocenters. The number of carbonyl (C=O) groups excluding carboxylic acids is 1. The average molecular weight is 246 g/mol. The summed E-state index contributed by atoms with van der Waals surface area (Å²) in [7, 11) is 1.78. The lowest BCUT2D eigenvalue weighted by Crippen LogP contribution is -2.45. The van der Waals surface area contributed by atoms with Crippen LogP contribution in [0.4, 0.5) is 0 Å². The van der Waals surface area contributed by atoms with Crippen LogP contribution in [0.15, 0.2) is 35.3 Å². The third kappa shape index (κ3) is 3.40. The van der Waals surface area contributed by atoms with Gasteiger partial charge in [-0.1, -0.05) is 30.3 Å². The number of esters is 1. The molecule has 1 N–H and O–H groups in total. The third-order valence-electron chi connectivity index (χ3n) is 3.10. The first-order valence-electron chi connectivity index (χ1n) is 6.18. The molecule has 4 nitrogen and oxygen atoms in total. The van der Waals surface area contributed by atoms with Crippen molar-refractivity contribution in [1.82, 2.24) is 5.32 Å². The molecule has 0 bridgehead atoms. The van der Waals surface area contributed by atoms with Gasteiger partial charge in [-0.15, -0.1) is 0 Å². The largest absolute Gasteiger partial charge is 0.460 e. The first-order valence-corrected chi connectivity index (χ1v) is 6.18. The van der Waals surface area contributed by atoms with Gasteiger partial charge in [0.15, 0.2) is 0 Å². The van der Waals surface area contributed by atoms with Gasteiger partial charge in [-0.3, -0.25) is 15.1 Å². The van der Waals surface area contributed by atoms with E-state index in [1.807, 2.05) is 30.3 Å². The number of carbonyl (C=O) groups is 1. The number of nitrogens with zero attached hydrogens (tertiary/aromatic N) is 1. The van der Waals surface area contributed by atoms with Gasteiger partial charge in [-0.05, 0) is 18.4 Å². The Kier molecular flexibility index (Phi) is 4.47. The van der Waals surface area contributed by atoms with Crippen LogP contribution in [0.25, 0.3) is 0 Å². The fourth-order valence-corrected chi connectivity index (χ4v) is 1.96. The standard InChI is InChI=1S/C14H18N2O2/c1-15-12-7-8-13(16-9-12)14(17)18-10-11-5-3-2-4-6-11/h2-6,13,16H,7-10H2,1H3. The molecule has 0 spiro atoms. The molecule has 1 aromatic rings. The molecule has 1 fully saturated rings. The highest BCUT2D eigenvalue weighted by Gasteiger charge is 2.24. The van der Waals surface area contributed by atoms with Crippen LogP contribution in [0.3, 0.4) is 0 Å². The van der Waals surface area contributed by atoms with Crippen molar-refractivity contribution in [2.75, 3.05) is 13.6 Å². The van der Waals surface area contributed by atoms with E-state index in [0.717, 1.165) is 24.1 Å². The van der Waals surface area contributed by atoms with Crippen LogP contribution in [0, 0.1) is 0 Å². The molecule has 1 aliphatic heterocycles. The molecule has 0 amide bonds. The Hall–Kier alpha value is -1.68. The summed E-state index contributed by atoms with van der Waals surface area (Å²) < 4.78 is 5.30. The van der Waals surface area contributed by atoms with Crippen molar-refractivity contribution in [2.24, 2.45) is 4.99 Å². The van der Waals surface area contributed by atoms with Gasteiger partial charge in [0, 0.05) is 19.3 Å². The van der Waals surface area contributed by atoms with Gasteiger partial charge < -0.3 is 4.74 Å². The van der Waals surface area contributed by atoms with E-state index >= 15 is 0 Å². The third-order valence-corrected chi connectivity index (χ3v) is 3.10. The van der Waals surface area contributed by atoms with Crippen LogP contribution in [0.2, 0.25) is 0 Å². The van der Waals surface area contributed by atoms with Crippen molar-refractivity contribution in [3.05, 3.63) is 35.9 Å². The van der Waals surface area contributed by atoms with E-state index in [4.69, 9.17) is 4.74 Å². The molecule has 1 heterocycles. The molecule has 0 radical (unpaired) electrons. The minimum absolute atomic E-state index is 0.172.